The molecule has 0 saturated carbocycles. The summed E-state index contributed by atoms with van der Waals surface area (Å²) in [4.78, 5) is 35.7. The van der Waals surface area contributed by atoms with E-state index in [0.717, 1.165) is 5.69 Å². The summed E-state index contributed by atoms with van der Waals surface area (Å²) >= 11 is 0. The van der Waals surface area contributed by atoms with Gasteiger partial charge in [-0.2, -0.15) is 5.10 Å². The van der Waals surface area contributed by atoms with Gasteiger partial charge in [-0.1, -0.05) is 18.2 Å². The van der Waals surface area contributed by atoms with Crippen molar-refractivity contribution in [2.75, 3.05) is 12.4 Å². The number of carbonyl (C=O) groups excluding carboxylic acids is 2. The van der Waals surface area contributed by atoms with Crippen LogP contribution in [-0.4, -0.2) is 28.8 Å². The molecule has 0 saturated heterocycles. The molecule has 8 nitrogen and oxygen atoms in total. The highest BCUT2D eigenvalue weighted by molar-refractivity contribution is 6.04. The standard InChI is InChI=1S/C19H19N3O5/c1-12-10-16(21-22(12)9-5-8-17(23)26-2)20-18(24)14-11-13-6-3-4-7-15(13)27-19(14)25/h3-4,6-7,10-11H,5,8-9H2,1-2H3,(H,20,21,24). The normalized spacial score (nSPS) is 10.7. The van der Waals surface area contributed by atoms with E-state index in [0.29, 0.717) is 29.8 Å². The summed E-state index contributed by atoms with van der Waals surface area (Å²) in [5.74, 6) is -0.548. The van der Waals surface area contributed by atoms with E-state index in [1.807, 2.05) is 6.92 Å². The number of esters is 1. The van der Waals surface area contributed by atoms with Crippen LogP contribution in [0.5, 0.6) is 0 Å². The molecule has 0 aliphatic carbocycles. The fourth-order valence-corrected chi connectivity index (χ4v) is 2.68. The number of amides is 1. The van der Waals surface area contributed by atoms with Crippen LogP contribution in [0.1, 0.15) is 28.9 Å². The second-order valence-electron chi connectivity index (χ2n) is 6.01. The maximum atomic E-state index is 12.5. The van der Waals surface area contributed by atoms with Gasteiger partial charge in [-0.05, 0) is 25.5 Å². The Labute approximate surface area is 154 Å². The summed E-state index contributed by atoms with van der Waals surface area (Å²) in [7, 11) is 1.35. The molecule has 2 aromatic heterocycles. The lowest BCUT2D eigenvalue weighted by Gasteiger charge is -2.04. The van der Waals surface area contributed by atoms with Crippen LogP contribution in [0.15, 0.2) is 45.6 Å². The van der Waals surface area contributed by atoms with Gasteiger partial charge < -0.3 is 14.5 Å². The molecule has 1 N–H and O–H groups in total. The number of carbonyl (C=O) groups is 2. The third kappa shape index (κ3) is 4.22. The minimum Gasteiger partial charge on any atom is -0.469 e. The fourth-order valence-electron chi connectivity index (χ4n) is 2.68. The average Bonchev–Trinajstić information content (AvgIpc) is 2.99. The van der Waals surface area contributed by atoms with Gasteiger partial charge in [0.25, 0.3) is 5.91 Å². The zero-order chi connectivity index (χ0) is 19.4. The highest BCUT2D eigenvalue weighted by Crippen LogP contribution is 2.15. The van der Waals surface area contributed by atoms with E-state index in [4.69, 9.17) is 4.42 Å². The van der Waals surface area contributed by atoms with Gasteiger partial charge in [0.15, 0.2) is 5.82 Å². The molecule has 27 heavy (non-hydrogen) atoms. The molecule has 140 valence electrons. The first-order valence-corrected chi connectivity index (χ1v) is 8.43. The number of nitrogens with one attached hydrogen (secondary N) is 1. The van der Waals surface area contributed by atoms with E-state index in [9.17, 15) is 14.4 Å². The second-order valence-corrected chi connectivity index (χ2v) is 6.01. The molecule has 0 spiro atoms. The molecule has 0 aliphatic rings. The maximum absolute atomic E-state index is 12.5. The van der Waals surface area contributed by atoms with Crippen LogP contribution in [0.3, 0.4) is 0 Å². The maximum Gasteiger partial charge on any atom is 0.349 e. The summed E-state index contributed by atoms with van der Waals surface area (Å²) in [6.45, 7) is 2.35. The number of ether oxygens (including phenoxy) is 1. The molecule has 0 fully saturated rings. The van der Waals surface area contributed by atoms with Crippen molar-refractivity contribution >= 4 is 28.7 Å². The van der Waals surface area contributed by atoms with Gasteiger partial charge in [-0.25, -0.2) is 4.79 Å². The Bertz CT molecular complexity index is 1050. The van der Waals surface area contributed by atoms with Crippen molar-refractivity contribution in [2.45, 2.75) is 26.3 Å². The second kappa shape index (κ2) is 7.86. The number of aryl methyl sites for hydroxylation is 2. The number of methoxy groups -OCH3 is 1. The van der Waals surface area contributed by atoms with Crippen LogP contribution in [0, 0.1) is 6.92 Å². The van der Waals surface area contributed by atoms with E-state index >= 15 is 0 Å². The minimum absolute atomic E-state index is 0.0911. The number of hydrogen-bond donors (Lipinski definition) is 1. The molecule has 8 heteroatoms. The van der Waals surface area contributed by atoms with Crippen molar-refractivity contribution in [1.29, 1.82) is 0 Å². The zero-order valence-corrected chi connectivity index (χ0v) is 15.0. The first-order chi connectivity index (χ1) is 13.0. The van der Waals surface area contributed by atoms with Crippen LogP contribution in [0.25, 0.3) is 11.0 Å². The summed E-state index contributed by atoms with van der Waals surface area (Å²) < 4.78 is 11.5. The van der Waals surface area contributed by atoms with E-state index in [1.165, 1.54) is 13.2 Å². The Morgan fingerprint density at radius 2 is 2.04 bits per heavy atom. The SMILES string of the molecule is COC(=O)CCCn1nc(NC(=O)c2cc3ccccc3oc2=O)cc1C. The molecule has 1 aromatic carbocycles. The molecular weight excluding hydrogens is 350 g/mol. The highest BCUT2D eigenvalue weighted by Gasteiger charge is 2.16. The highest BCUT2D eigenvalue weighted by atomic mass is 16.5. The lowest BCUT2D eigenvalue weighted by molar-refractivity contribution is -0.140. The van der Waals surface area contributed by atoms with E-state index in [-0.39, 0.29) is 18.0 Å². The number of benzene rings is 1. The molecule has 0 atom stereocenters. The van der Waals surface area contributed by atoms with Crippen molar-refractivity contribution in [3.8, 4) is 0 Å². The lowest BCUT2D eigenvalue weighted by Crippen LogP contribution is -2.21. The number of nitrogens with zero attached hydrogens (tertiary/aromatic N) is 2. The molecule has 3 rings (SSSR count). The van der Waals surface area contributed by atoms with Crippen molar-refractivity contribution in [1.82, 2.24) is 9.78 Å². The number of rotatable bonds is 6. The number of hydrogen-bond acceptors (Lipinski definition) is 6. The van der Waals surface area contributed by atoms with Gasteiger partial charge in [-0.15, -0.1) is 0 Å². The first-order valence-electron chi connectivity index (χ1n) is 8.43. The number of anilines is 1. The summed E-state index contributed by atoms with van der Waals surface area (Å²) in [6, 6.07) is 10.2. The topological polar surface area (TPSA) is 103 Å². The summed E-state index contributed by atoms with van der Waals surface area (Å²) in [5, 5.41) is 7.56. The van der Waals surface area contributed by atoms with Gasteiger partial charge in [0.05, 0.1) is 7.11 Å². The van der Waals surface area contributed by atoms with Crippen molar-refractivity contribution in [3.05, 3.63) is 58.1 Å². The minimum atomic E-state index is -0.708. The predicted molar refractivity (Wildman–Crippen MR) is 98.7 cm³/mol. The zero-order valence-electron chi connectivity index (χ0n) is 15.0. The van der Waals surface area contributed by atoms with Crippen LogP contribution in [0.4, 0.5) is 5.82 Å². The molecular formula is C19H19N3O5. The smallest absolute Gasteiger partial charge is 0.349 e. The molecule has 0 radical (unpaired) electrons. The average molecular weight is 369 g/mol. The molecule has 0 unspecified atom stereocenters. The van der Waals surface area contributed by atoms with Crippen molar-refractivity contribution in [3.63, 3.8) is 0 Å². The molecule has 0 bridgehead atoms. The van der Waals surface area contributed by atoms with Gasteiger partial charge in [0.1, 0.15) is 11.1 Å². The molecule has 3 aromatic rings. The van der Waals surface area contributed by atoms with Gasteiger partial charge >= 0.3 is 11.6 Å². The Kier molecular flexibility index (Phi) is 5.35. The van der Waals surface area contributed by atoms with Crippen molar-refractivity contribution < 1.29 is 18.7 Å². The number of aromatic nitrogens is 2. The Hall–Kier alpha value is -3.42. The first kappa shape index (κ1) is 18.4. The third-order valence-corrected chi connectivity index (χ3v) is 4.09. The molecule has 0 aliphatic heterocycles. The molecule has 2 heterocycles. The molecule has 1 amide bonds. The monoisotopic (exact) mass is 369 g/mol. The van der Waals surface area contributed by atoms with Gasteiger partial charge in [0, 0.05) is 30.1 Å². The summed E-state index contributed by atoms with van der Waals surface area (Å²) in [6.07, 6.45) is 0.854. The third-order valence-electron chi connectivity index (χ3n) is 4.09. The van der Waals surface area contributed by atoms with E-state index in [2.05, 4.69) is 15.2 Å². The number of para-hydroxylation sites is 1. The van der Waals surface area contributed by atoms with Gasteiger partial charge in [0.2, 0.25) is 0 Å². The summed E-state index contributed by atoms with van der Waals surface area (Å²) in [5.41, 5.74) is 0.442. The number of fused-ring (bicyclic) bond motifs is 1. The Balaban J connectivity index is 1.73. The van der Waals surface area contributed by atoms with Crippen LogP contribution in [0.2, 0.25) is 0 Å². The Morgan fingerprint density at radius 1 is 1.26 bits per heavy atom. The quantitative estimate of drug-likeness (QED) is 0.529. The Morgan fingerprint density at radius 3 is 2.81 bits per heavy atom. The largest absolute Gasteiger partial charge is 0.469 e. The lowest BCUT2D eigenvalue weighted by atomic mass is 10.2. The van der Waals surface area contributed by atoms with Crippen LogP contribution >= 0.6 is 0 Å². The van der Waals surface area contributed by atoms with E-state index in [1.54, 1.807) is 35.0 Å². The predicted octanol–water partition coefficient (Wildman–Crippen LogP) is 2.50. The van der Waals surface area contributed by atoms with Gasteiger partial charge in [-0.3, -0.25) is 14.3 Å². The van der Waals surface area contributed by atoms with Crippen LogP contribution in [-0.2, 0) is 16.1 Å². The fraction of sp³-hybridized carbons (Fsp3) is 0.263. The van der Waals surface area contributed by atoms with Crippen LogP contribution < -0.4 is 10.9 Å². The van der Waals surface area contributed by atoms with Crippen molar-refractivity contribution in [2.24, 2.45) is 0 Å². The van der Waals surface area contributed by atoms with E-state index < -0.39 is 11.5 Å².